The maximum atomic E-state index is 12.1. The largest absolute Gasteiger partial charge is 0.491 e. The minimum atomic E-state index is -3.72. The molecule has 7 heteroatoms. The van der Waals surface area contributed by atoms with Crippen molar-refractivity contribution in [2.75, 3.05) is 18.1 Å². The van der Waals surface area contributed by atoms with Crippen molar-refractivity contribution in [2.24, 2.45) is 5.14 Å². The number of sulfonamides is 1. The third kappa shape index (κ3) is 3.54. The Labute approximate surface area is 124 Å². The second kappa shape index (κ2) is 6.03. The van der Waals surface area contributed by atoms with E-state index in [0.29, 0.717) is 18.0 Å². The van der Waals surface area contributed by atoms with Gasteiger partial charge in [-0.05, 0) is 31.0 Å². The van der Waals surface area contributed by atoms with Crippen LogP contribution in [-0.2, 0) is 14.8 Å². The lowest BCUT2D eigenvalue weighted by atomic mass is 10.2. The highest BCUT2D eigenvalue weighted by Gasteiger charge is 2.38. The van der Waals surface area contributed by atoms with E-state index in [4.69, 9.17) is 9.88 Å². The molecule has 0 saturated carbocycles. The van der Waals surface area contributed by atoms with Gasteiger partial charge in [0.2, 0.25) is 15.9 Å². The Kier molecular flexibility index (Phi) is 4.53. The lowest BCUT2D eigenvalue weighted by Gasteiger charge is -2.20. The third-order valence-electron chi connectivity index (χ3n) is 3.42. The van der Waals surface area contributed by atoms with E-state index in [1.165, 1.54) is 4.90 Å². The molecule has 2 N–H and O–H groups in total. The Bertz CT molecular complexity index is 642. The zero-order valence-electron chi connectivity index (χ0n) is 12.2. The Morgan fingerprint density at radius 1 is 1.43 bits per heavy atom. The van der Waals surface area contributed by atoms with Crippen LogP contribution in [0.25, 0.3) is 0 Å². The van der Waals surface area contributed by atoms with Gasteiger partial charge >= 0.3 is 0 Å². The lowest BCUT2D eigenvalue weighted by molar-refractivity contribution is -0.117. The van der Waals surface area contributed by atoms with Gasteiger partial charge in [0.25, 0.3) is 0 Å². The normalized spacial score (nSPS) is 19.1. The van der Waals surface area contributed by atoms with Crippen molar-refractivity contribution in [3.8, 4) is 5.75 Å². The molecular weight excluding hydrogens is 292 g/mol. The maximum absolute atomic E-state index is 12.1. The number of aryl methyl sites for hydroxylation is 1. The van der Waals surface area contributed by atoms with Crippen molar-refractivity contribution in [2.45, 2.75) is 31.9 Å². The number of carbonyl (C=O) groups excluding carboxylic acids is 1. The van der Waals surface area contributed by atoms with Crippen LogP contribution >= 0.6 is 0 Å². The fraction of sp³-hybridized carbons (Fsp3) is 0.500. The average Bonchev–Trinajstić information content (AvgIpc) is 2.78. The number of rotatable bonds is 5. The van der Waals surface area contributed by atoms with Gasteiger partial charge in [0.15, 0.2) is 0 Å². The molecule has 0 aromatic heterocycles. The summed E-state index contributed by atoms with van der Waals surface area (Å²) in [4.78, 5) is 13.5. The van der Waals surface area contributed by atoms with Gasteiger partial charge in [0.05, 0.1) is 12.3 Å². The summed E-state index contributed by atoms with van der Waals surface area (Å²) in [5.74, 6) is 0.347. The predicted octanol–water partition coefficient (Wildman–Crippen LogP) is 1.18. The summed E-state index contributed by atoms with van der Waals surface area (Å²) in [5, 5.41) is 4.29. The molecule has 116 valence electrons. The number of benzene rings is 1. The van der Waals surface area contributed by atoms with E-state index >= 15 is 0 Å². The smallest absolute Gasteiger partial charge is 0.228 e. The van der Waals surface area contributed by atoms with Crippen molar-refractivity contribution in [1.29, 1.82) is 0 Å². The van der Waals surface area contributed by atoms with Gasteiger partial charge < -0.3 is 9.64 Å². The number of hydrogen-bond donors (Lipinski definition) is 1. The van der Waals surface area contributed by atoms with E-state index in [1.54, 1.807) is 6.07 Å². The first-order chi connectivity index (χ1) is 9.82. The fourth-order valence-electron chi connectivity index (χ4n) is 2.30. The molecule has 21 heavy (non-hydrogen) atoms. The Balaban J connectivity index is 2.31. The molecule has 6 nitrogen and oxygen atoms in total. The van der Waals surface area contributed by atoms with Crippen LogP contribution < -0.4 is 14.8 Å². The summed E-state index contributed by atoms with van der Waals surface area (Å²) in [6.07, 6.45) is 0.765. The summed E-state index contributed by atoms with van der Waals surface area (Å²) < 4.78 is 28.5. The summed E-state index contributed by atoms with van der Waals surface area (Å²) in [5.41, 5.74) is 1.62. The molecule has 1 unspecified atom stereocenters. The first kappa shape index (κ1) is 15.8. The van der Waals surface area contributed by atoms with Gasteiger partial charge in [-0.1, -0.05) is 13.0 Å². The van der Waals surface area contributed by atoms with E-state index in [1.807, 2.05) is 26.0 Å². The minimum absolute atomic E-state index is 0.0726. The molecule has 1 aliphatic heterocycles. The Morgan fingerprint density at radius 3 is 2.71 bits per heavy atom. The molecule has 1 aromatic rings. The molecule has 1 fully saturated rings. The number of ether oxygens (including phenoxy) is 1. The SMILES string of the molecule is CCCOc1cc(C)ccc1N1CC(S(N)(=O)=O)CC1=O. The van der Waals surface area contributed by atoms with E-state index < -0.39 is 15.3 Å². The number of nitrogens with two attached hydrogens (primary N) is 1. The number of primary sulfonamides is 1. The zero-order chi connectivity index (χ0) is 15.6. The number of hydrogen-bond acceptors (Lipinski definition) is 4. The predicted molar refractivity (Wildman–Crippen MR) is 80.8 cm³/mol. The monoisotopic (exact) mass is 312 g/mol. The molecule has 1 aliphatic rings. The minimum Gasteiger partial charge on any atom is -0.491 e. The highest BCUT2D eigenvalue weighted by atomic mass is 32.2. The molecule has 2 rings (SSSR count). The van der Waals surface area contributed by atoms with Gasteiger partial charge in [-0.15, -0.1) is 0 Å². The van der Waals surface area contributed by atoms with Crippen LogP contribution in [0.4, 0.5) is 5.69 Å². The second-order valence-corrected chi connectivity index (χ2v) is 7.08. The van der Waals surface area contributed by atoms with Crippen LogP contribution in [0.3, 0.4) is 0 Å². The number of nitrogens with zero attached hydrogens (tertiary/aromatic N) is 1. The first-order valence-corrected chi connectivity index (χ1v) is 8.49. The number of amides is 1. The molecular formula is C14H20N2O4S. The molecule has 0 aliphatic carbocycles. The van der Waals surface area contributed by atoms with Gasteiger partial charge in [-0.2, -0.15) is 0 Å². The maximum Gasteiger partial charge on any atom is 0.228 e. The van der Waals surface area contributed by atoms with Crippen LogP contribution in [0.2, 0.25) is 0 Å². The van der Waals surface area contributed by atoms with Gasteiger partial charge in [-0.3, -0.25) is 4.79 Å². The third-order valence-corrected chi connectivity index (χ3v) is 4.67. The second-order valence-electron chi connectivity index (χ2n) is 5.24. The van der Waals surface area contributed by atoms with Crippen molar-refractivity contribution in [3.63, 3.8) is 0 Å². The molecule has 1 aromatic carbocycles. The number of anilines is 1. The van der Waals surface area contributed by atoms with Gasteiger partial charge in [-0.25, -0.2) is 13.6 Å². The average molecular weight is 312 g/mol. The fourth-order valence-corrected chi connectivity index (χ4v) is 3.03. The van der Waals surface area contributed by atoms with Crippen LogP contribution in [0.1, 0.15) is 25.3 Å². The van der Waals surface area contributed by atoms with Crippen LogP contribution in [0, 0.1) is 6.92 Å². The van der Waals surface area contributed by atoms with Gasteiger partial charge in [0, 0.05) is 13.0 Å². The van der Waals surface area contributed by atoms with Crippen LogP contribution in [0.5, 0.6) is 5.75 Å². The summed E-state index contributed by atoms with van der Waals surface area (Å²) in [6, 6.07) is 5.50. The van der Waals surface area contributed by atoms with Gasteiger partial charge in [0.1, 0.15) is 11.0 Å². The van der Waals surface area contributed by atoms with E-state index in [2.05, 4.69) is 0 Å². The highest BCUT2D eigenvalue weighted by molar-refractivity contribution is 7.89. The standard InChI is InChI=1S/C14H20N2O4S/c1-3-6-20-13-7-10(2)4-5-12(13)16-9-11(8-14(16)17)21(15,18)19/h4-5,7,11H,3,6,8-9H2,1-2H3,(H2,15,18,19). The van der Waals surface area contributed by atoms with Crippen LogP contribution in [-0.4, -0.2) is 32.7 Å². The Hall–Kier alpha value is -1.60. The topological polar surface area (TPSA) is 89.7 Å². The molecule has 1 heterocycles. The van der Waals surface area contributed by atoms with Crippen molar-refractivity contribution in [3.05, 3.63) is 23.8 Å². The summed E-state index contributed by atoms with van der Waals surface area (Å²) in [6.45, 7) is 4.54. The Morgan fingerprint density at radius 2 is 2.14 bits per heavy atom. The van der Waals surface area contributed by atoms with E-state index in [-0.39, 0.29) is 18.9 Å². The molecule has 0 bridgehead atoms. The lowest BCUT2D eigenvalue weighted by Crippen LogP contribution is -2.32. The van der Waals surface area contributed by atoms with Crippen molar-refractivity contribution in [1.82, 2.24) is 0 Å². The molecule has 1 atom stereocenters. The molecule has 0 radical (unpaired) electrons. The van der Waals surface area contributed by atoms with Crippen molar-refractivity contribution < 1.29 is 17.9 Å². The quantitative estimate of drug-likeness (QED) is 0.884. The van der Waals surface area contributed by atoms with E-state index in [0.717, 1.165) is 12.0 Å². The number of carbonyl (C=O) groups is 1. The van der Waals surface area contributed by atoms with Crippen molar-refractivity contribution >= 4 is 21.6 Å². The summed E-state index contributed by atoms with van der Waals surface area (Å²) in [7, 11) is -3.72. The first-order valence-electron chi connectivity index (χ1n) is 6.88. The van der Waals surface area contributed by atoms with Crippen LogP contribution in [0.15, 0.2) is 18.2 Å². The molecule has 0 spiro atoms. The summed E-state index contributed by atoms with van der Waals surface area (Å²) >= 11 is 0. The highest BCUT2D eigenvalue weighted by Crippen LogP contribution is 2.33. The molecule has 1 saturated heterocycles. The van der Waals surface area contributed by atoms with E-state index in [9.17, 15) is 13.2 Å². The molecule has 1 amide bonds. The zero-order valence-corrected chi connectivity index (χ0v) is 13.0.